The number of nitriles is 1. The lowest BCUT2D eigenvalue weighted by Crippen LogP contribution is -2.26. The molecule has 0 aromatic carbocycles. The van der Waals surface area contributed by atoms with E-state index in [1.54, 1.807) is 0 Å². The maximum atomic E-state index is 8.80. The molecule has 1 aromatic heterocycles. The summed E-state index contributed by atoms with van der Waals surface area (Å²) in [5.74, 6) is 0. The van der Waals surface area contributed by atoms with E-state index in [2.05, 4.69) is 48.4 Å². The Balaban J connectivity index is 2.57. The summed E-state index contributed by atoms with van der Waals surface area (Å²) < 4.78 is 0. The highest BCUT2D eigenvalue weighted by atomic mass is 15.1. The van der Waals surface area contributed by atoms with Gasteiger partial charge in [-0.05, 0) is 12.5 Å². The molecule has 0 bridgehead atoms. The van der Waals surface area contributed by atoms with Gasteiger partial charge in [0.15, 0.2) is 0 Å². The van der Waals surface area contributed by atoms with Gasteiger partial charge in [0.2, 0.25) is 0 Å². The van der Waals surface area contributed by atoms with Crippen molar-refractivity contribution in [3.05, 3.63) is 17.5 Å². The Bertz CT molecular complexity index is 367. The van der Waals surface area contributed by atoms with Gasteiger partial charge in [-0.2, -0.15) is 10.4 Å². The van der Waals surface area contributed by atoms with Crippen molar-refractivity contribution >= 4 is 0 Å². The minimum absolute atomic E-state index is 0.0636. The van der Waals surface area contributed by atoms with Crippen LogP contribution in [0.25, 0.3) is 0 Å². The molecule has 1 aromatic rings. The van der Waals surface area contributed by atoms with Crippen LogP contribution in [0.15, 0.2) is 6.07 Å². The fourth-order valence-corrected chi connectivity index (χ4v) is 1.35. The summed E-state index contributed by atoms with van der Waals surface area (Å²) in [6.07, 6.45) is 0.816. The second-order valence-electron chi connectivity index (χ2n) is 5.00. The molecule has 4 nitrogen and oxygen atoms in total. The maximum absolute atomic E-state index is 8.80. The molecule has 0 spiro atoms. The van der Waals surface area contributed by atoms with Crippen LogP contribution in [-0.2, 0) is 12.0 Å². The minimum atomic E-state index is -0.0820. The maximum Gasteiger partial charge on any atom is 0.0953 e. The topological polar surface area (TPSA) is 64.5 Å². The largest absolute Gasteiger partial charge is 0.296 e. The van der Waals surface area contributed by atoms with Gasteiger partial charge in [0.1, 0.15) is 0 Å². The van der Waals surface area contributed by atoms with Crippen molar-refractivity contribution in [2.24, 2.45) is 0 Å². The minimum Gasteiger partial charge on any atom is -0.296 e. The number of H-pyrrole nitrogens is 1. The Morgan fingerprint density at radius 3 is 2.69 bits per heavy atom. The van der Waals surface area contributed by atoms with E-state index in [1.807, 2.05) is 6.92 Å². The second-order valence-corrected chi connectivity index (χ2v) is 5.00. The molecular weight excluding hydrogens is 200 g/mol. The van der Waals surface area contributed by atoms with E-state index in [-0.39, 0.29) is 11.5 Å². The molecule has 2 N–H and O–H groups in total. The molecule has 0 saturated carbocycles. The van der Waals surface area contributed by atoms with Crippen molar-refractivity contribution in [3.63, 3.8) is 0 Å². The Morgan fingerprint density at radius 1 is 1.56 bits per heavy atom. The Hall–Kier alpha value is -1.34. The van der Waals surface area contributed by atoms with E-state index in [9.17, 15) is 0 Å². The van der Waals surface area contributed by atoms with Crippen molar-refractivity contribution in [3.8, 4) is 6.07 Å². The second kappa shape index (κ2) is 5.13. The lowest BCUT2D eigenvalue weighted by molar-refractivity contribution is 0.566. The van der Waals surface area contributed by atoms with Crippen LogP contribution in [-0.4, -0.2) is 16.2 Å². The molecule has 1 atom stereocenters. The lowest BCUT2D eigenvalue weighted by Gasteiger charge is -2.13. The Labute approximate surface area is 97.1 Å². The third-order valence-corrected chi connectivity index (χ3v) is 2.50. The molecular formula is C12H20N4. The van der Waals surface area contributed by atoms with E-state index in [4.69, 9.17) is 5.26 Å². The lowest BCUT2D eigenvalue weighted by atomic mass is 9.92. The van der Waals surface area contributed by atoms with E-state index in [1.165, 1.54) is 0 Å². The zero-order valence-corrected chi connectivity index (χ0v) is 10.5. The Kier molecular flexibility index (Phi) is 4.08. The predicted octanol–water partition coefficient (Wildman–Crippen LogP) is 2.10. The van der Waals surface area contributed by atoms with Crippen molar-refractivity contribution in [1.82, 2.24) is 15.5 Å². The van der Waals surface area contributed by atoms with Crippen LogP contribution < -0.4 is 5.32 Å². The standard InChI is InChI=1S/C12H20N4/c1-5-9(7-13)14-8-10-6-11(16-15-10)12(2,3)4/h6,9,14H,5,8H2,1-4H3,(H,15,16). The molecule has 0 saturated heterocycles. The summed E-state index contributed by atoms with van der Waals surface area (Å²) in [4.78, 5) is 0. The summed E-state index contributed by atoms with van der Waals surface area (Å²) in [7, 11) is 0. The smallest absolute Gasteiger partial charge is 0.0953 e. The SMILES string of the molecule is CCC(C#N)NCc1cc(C(C)(C)C)n[nH]1. The molecule has 16 heavy (non-hydrogen) atoms. The normalized spacial score (nSPS) is 13.4. The first kappa shape index (κ1) is 12.7. The van der Waals surface area contributed by atoms with Gasteiger partial charge in [0.25, 0.3) is 0 Å². The van der Waals surface area contributed by atoms with Crippen LogP contribution in [0.1, 0.15) is 45.5 Å². The van der Waals surface area contributed by atoms with Gasteiger partial charge in [-0.3, -0.25) is 10.4 Å². The summed E-state index contributed by atoms with van der Waals surface area (Å²) >= 11 is 0. The van der Waals surface area contributed by atoms with Crippen LogP contribution in [0, 0.1) is 11.3 Å². The van der Waals surface area contributed by atoms with E-state index in [0.29, 0.717) is 6.54 Å². The highest BCUT2D eigenvalue weighted by Crippen LogP contribution is 2.20. The number of nitrogens with zero attached hydrogens (tertiary/aromatic N) is 2. The first-order valence-electron chi connectivity index (χ1n) is 5.65. The van der Waals surface area contributed by atoms with Crippen molar-refractivity contribution < 1.29 is 0 Å². The van der Waals surface area contributed by atoms with E-state index >= 15 is 0 Å². The number of aromatic amines is 1. The molecule has 0 aliphatic carbocycles. The first-order chi connectivity index (χ1) is 7.47. The van der Waals surface area contributed by atoms with Gasteiger partial charge in [-0.1, -0.05) is 27.7 Å². The quantitative estimate of drug-likeness (QED) is 0.816. The van der Waals surface area contributed by atoms with E-state index < -0.39 is 0 Å². The zero-order valence-electron chi connectivity index (χ0n) is 10.5. The highest BCUT2D eigenvalue weighted by molar-refractivity contribution is 5.16. The average Bonchev–Trinajstić information content (AvgIpc) is 2.67. The van der Waals surface area contributed by atoms with Crippen molar-refractivity contribution in [2.75, 3.05) is 0 Å². The Morgan fingerprint density at radius 2 is 2.25 bits per heavy atom. The number of hydrogen-bond acceptors (Lipinski definition) is 3. The van der Waals surface area contributed by atoms with Crippen LogP contribution in [0.5, 0.6) is 0 Å². The molecule has 4 heteroatoms. The summed E-state index contributed by atoms with van der Waals surface area (Å²) in [6, 6.07) is 4.18. The number of hydrogen-bond donors (Lipinski definition) is 2. The predicted molar refractivity (Wildman–Crippen MR) is 63.8 cm³/mol. The van der Waals surface area contributed by atoms with Crippen molar-refractivity contribution in [1.29, 1.82) is 5.26 Å². The van der Waals surface area contributed by atoms with Crippen LogP contribution in [0.4, 0.5) is 0 Å². The number of aromatic nitrogens is 2. The average molecular weight is 220 g/mol. The summed E-state index contributed by atoms with van der Waals surface area (Å²) in [5.41, 5.74) is 2.14. The van der Waals surface area contributed by atoms with Crippen LogP contribution >= 0.6 is 0 Å². The molecule has 0 amide bonds. The third kappa shape index (κ3) is 3.35. The van der Waals surface area contributed by atoms with Crippen LogP contribution in [0.2, 0.25) is 0 Å². The van der Waals surface area contributed by atoms with Gasteiger partial charge < -0.3 is 0 Å². The molecule has 1 rings (SSSR count). The molecule has 88 valence electrons. The molecule has 0 aliphatic rings. The first-order valence-corrected chi connectivity index (χ1v) is 5.65. The van der Waals surface area contributed by atoms with Gasteiger partial charge in [0, 0.05) is 17.7 Å². The van der Waals surface area contributed by atoms with Crippen LogP contribution in [0.3, 0.4) is 0 Å². The van der Waals surface area contributed by atoms with Gasteiger partial charge in [-0.15, -0.1) is 0 Å². The monoisotopic (exact) mass is 220 g/mol. The fraction of sp³-hybridized carbons (Fsp3) is 0.667. The number of rotatable bonds is 4. The zero-order chi connectivity index (χ0) is 12.2. The molecule has 0 aliphatic heterocycles. The van der Waals surface area contributed by atoms with Gasteiger partial charge >= 0.3 is 0 Å². The van der Waals surface area contributed by atoms with Gasteiger partial charge in [0.05, 0.1) is 17.8 Å². The molecule has 1 heterocycles. The number of nitrogens with one attached hydrogen (secondary N) is 2. The van der Waals surface area contributed by atoms with Gasteiger partial charge in [-0.25, -0.2) is 0 Å². The summed E-state index contributed by atoms with van der Waals surface area (Å²) in [6.45, 7) is 9.04. The molecule has 0 fully saturated rings. The molecule has 1 unspecified atom stereocenters. The third-order valence-electron chi connectivity index (χ3n) is 2.50. The highest BCUT2D eigenvalue weighted by Gasteiger charge is 2.17. The van der Waals surface area contributed by atoms with E-state index in [0.717, 1.165) is 17.8 Å². The molecule has 0 radical (unpaired) electrons. The fourth-order valence-electron chi connectivity index (χ4n) is 1.35. The van der Waals surface area contributed by atoms with Crippen molar-refractivity contribution in [2.45, 2.75) is 52.1 Å². The summed E-state index contributed by atoms with van der Waals surface area (Å²) in [5, 5.41) is 19.2.